The second-order valence-electron chi connectivity index (χ2n) is 6.43. The molecule has 1 aromatic carbocycles. The molecule has 1 aliphatic heterocycles. The molecule has 0 N–H and O–H groups in total. The van der Waals surface area contributed by atoms with Crippen LogP contribution in [0.25, 0.3) is 0 Å². The number of nitrogens with zero attached hydrogens (tertiary/aromatic N) is 2. The third-order valence-electron chi connectivity index (χ3n) is 4.81. The zero-order valence-electron chi connectivity index (χ0n) is 13.7. The lowest BCUT2D eigenvalue weighted by atomic mass is 10.1. The maximum absolute atomic E-state index is 13.1. The molecule has 0 atom stereocenters. The van der Waals surface area contributed by atoms with Gasteiger partial charge in [0.1, 0.15) is 11.6 Å². The summed E-state index contributed by atoms with van der Waals surface area (Å²) >= 11 is 0. The number of carbonyl (C=O) groups excluding carboxylic acids is 2. The van der Waals surface area contributed by atoms with Gasteiger partial charge in [-0.3, -0.25) is 9.59 Å². The Morgan fingerprint density at radius 3 is 2.42 bits per heavy atom. The summed E-state index contributed by atoms with van der Waals surface area (Å²) in [6, 6.07) is 5.75. The highest BCUT2D eigenvalue weighted by molar-refractivity contribution is 5.80. The van der Waals surface area contributed by atoms with E-state index in [0.717, 1.165) is 25.7 Å². The van der Waals surface area contributed by atoms with Crippen LogP contribution in [0.5, 0.6) is 5.75 Å². The zero-order chi connectivity index (χ0) is 16.9. The average Bonchev–Trinajstić information content (AvgIpc) is 3.14. The quantitative estimate of drug-likeness (QED) is 0.847. The molecule has 6 heteroatoms. The molecule has 130 valence electrons. The summed E-state index contributed by atoms with van der Waals surface area (Å²) in [5.41, 5.74) is 0. The predicted molar refractivity (Wildman–Crippen MR) is 87.0 cm³/mol. The Labute approximate surface area is 141 Å². The summed E-state index contributed by atoms with van der Waals surface area (Å²) < 4.78 is 18.4. The molecule has 2 fully saturated rings. The van der Waals surface area contributed by atoms with Gasteiger partial charge in [-0.05, 0) is 25.0 Å². The van der Waals surface area contributed by atoms with Crippen LogP contribution in [0, 0.1) is 11.7 Å². The van der Waals surface area contributed by atoms with E-state index in [2.05, 4.69) is 0 Å². The highest BCUT2D eigenvalue weighted by atomic mass is 19.1. The molecule has 1 aromatic rings. The number of ether oxygens (including phenoxy) is 1. The van der Waals surface area contributed by atoms with Gasteiger partial charge in [-0.1, -0.05) is 18.9 Å². The summed E-state index contributed by atoms with van der Waals surface area (Å²) in [5.74, 6) is 0.254. The van der Waals surface area contributed by atoms with Crippen LogP contribution in [-0.2, 0) is 9.59 Å². The summed E-state index contributed by atoms with van der Waals surface area (Å²) in [6.07, 6.45) is 4.29. The highest BCUT2D eigenvalue weighted by Gasteiger charge is 2.30. The lowest BCUT2D eigenvalue weighted by molar-refractivity contribution is -0.142. The lowest BCUT2D eigenvalue weighted by Crippen LogP contribution is -2.52. The number of benzene rings is 1. The van der Waals surface area contributed by atoms with E-state index < -0.39 is 0 Å². The van der Waals surface area contributed by atoms with Gasteiger partial charge in [0.2, 0.25) is 5.91 Å². The van der Waals surface area contributed by atoms with E-state index in [-0.39, 0.29) is 30.2 Å². The molecular weight excluding hydrogens is 311 g/mol. The predicted octanol–water partition coefficient (Wildman–Crippen LogP) is 2.07. The topological polar surface area (TPSA) is 49.9 Å². The molecule has 24 heavy (non-hydrogen) atoms. The van der Waals surface area contributed by atoms with Crippen LogP contribution in [0.15, 0.2) is 24.3 Å². The Hall–Kier alpha value is -2.11. The molecule has 2 aliphatic rings. The van der Waals surface area contributed by atoms with E-state index in [1.54, 1.807) is 17.0 Å². The third-order valence-corrected chi connectivity index (χ3v) is 4.81. The van der Waals surface area contributed by atoms with Crippen LogP contribution in [0.3, 0.4) is 0 Å². The van der Waals surface area contributed by atoms with Gasteiger partial charge in [-0.2, -0.15) is 0 Å². The number of hydrogen-bond acceptors (Lipinski definition) is 3. The Balaban J connectivity index is 1.44. The number of halogens is 1. The molecule has 0 aromatic heterocycles. The van der Waals surface area contributed by atoms with E-state index in [1.165, 1.54) is 12.1 Å². The van der Waals surface area contributed by atoms with Crippen molar-refractivity contribution in [1.82, 2.24) is 9.80 Å². The van der Waals surface area contributed by atoms with Gasteiger partial charge in [-0.25, -0.2) is 4.39 Å². The van der Waals surface area contributed by atoms with Crippen LogP contribution >= 0.6 is 0 Å². The molecule has 1 aliphatic carbocycles. The molecule has 5 nitrogen and oxygen atoms in total. The van der Waals surface area contributed by atoms with Crippen molar-refractivity contribution in [2.45, 2.75) is 25.7 Å². The van der Waals surface area contributed by atoms with Gasteiger partial charge in [0.15, 0.2) is 6.61 Å². The average molecular weight is 334 g/mol. The second-order valence-corrected chi connectivity index (χ2v) is 6.43. The maximum Gasteiger partial charge on any atom is 0.260 e. The van der Waals surface area contributed by atoms with Crippen molar-refractivity contribution in [3.05, 3.63) is 30.1 Å². The molecule has 1 saturated heterocycles. The fourth-order valence-corrected chi connectivity index (χ4v) is 3.40. The molecule has 1 saturated carbocycles. The smallest absolute Gasteiger partial charge is 0.260 e. The number of rotatable bonds is 4. The van der Waals surface area contributed by atoms with E-state index >= 15 is 0 Å². The fourth-order valence-electron chi connectivity index (χ4n) is 3.40. The largest absolute Gasteiger partial charge is 0.484 e. The minimum Gasteiger partial charge on any atom is -0.484 e. The van der Waals surface area contributed by atoms with Gasteiger partial charge < -0.3 is 14.5 Å². The minimum atomic E-state index is -0.390. The van der Waals surface area contributed by atoms with Crippen LogP contribution in [0.1, 0.15) is 25.7 Å². The molecule has 2 amide bonds. The molecule has 1 heterocycles. The Kier molecular flexibility index (Phi) is 5.33. The first-order valence-electron chi connectivity index (χ1n) is 8.58. The first kappa shape index (κ1) is 16.7. The van der Waals surface area contributed by atoms with Crippen molar-refractivity contribution < 1.29 is 18.7 Å². The van der Waals surface area contributed by atoms with Crippen molar-refractivity contribution in [3.8, 4) is 5.75 Å². The molecular formula is C18H23FN2O3. The standard InChI is InChI=1S/C18H23FN2O3/c19-15-6-3-7-16(12-15)24-13-17(22)20-8-10-21(11-9-20)18(23)14-4-1-2-5-14/h3,6-7,12,14H,1-2,4-5,8-11,13H2. The summed E-state index contributed by atoms with van der Waals surface area (Å²) in [7, 11) is 0. The summed E-state index contributed by atoms with van der Waals surface area (Å²) in [4.78, 5) is 28.2. The number of carbonyl (C=O) groups is 2. The fraction of sp³-hybridized carbons (Fsp3) is 0.556. The molecule has 0 unspecified atom stereocenters. The van der Waals surface area contributed by atoms with Crippen LogP contribution in [0.2, 0.25) is 0 Å². The normalized spacial score (nSPS) is 18.7. The highest BCUT2D eigenvalue weighted by Crippen LogP contribution is 2.26. The number of piperazine rings is 1. The Bertz CT molecular complexity index is 594. The van der Waals surface area contributed by atoms with Crippen LogP contribution in [-0.4, -0.2) is 54.4 Å². The van der Waals surface area contributed by atoms with Crippen LogP contribution < -0.4 is 4.74 Å². The Morgan fingerprint density at radius 2 is 1.75 bits per heavy atom. The Morgan fingerprint density at radius 1 is 1.08 bits per heavy atom. The monoisotopic (exact) mass is 334 g/mol. The zero-order valence-corrected chi connectivity index (χ0v) is 13.7. The maximum atomic E-state index is 13.1. The first-order valence-corrected chi connectivity index (χ1v) is 8.58. The van der Waals surface area contributed by atoms with Crippen molar-refractivity contribution in [3.63, 3.8) is 0 Å². The third kappa shape index (κ3) is 4.04. The van der Waals surface area contributed by atoms with Crippen LogP contribution in [0.4, 0.5) is 4.39 Å². The number of amides is 2. The van der Waals surface area contributed by atoms with E-state index in [4.69, 9.17) is 4.74 Å². The van der Waals surface area contributed by atoms with E-state index in [9.17, 15) is 14.0 Å². The van der Waals surface area contributed by atoms with Crippen molar-refractivity contribution in [2.75, 3.05) is 32.8 Å². The molecule has 0 spiro atoms. The van der Waals surface area contributed by atoms with Crippen molar-refractivity contribution in [1.29, 1.82) is 0 Å². The molecule has 0 radical (unpaired) electrons. The van der Waals surface area contributed by atoms with Crippen molar-refractivity contribution in [2.24, 2.45) is 5.92 Å². The first-order chi connectivity index (χ1) is 11.6. The van der Waals surface area contributed by atoms with E-state index in [0.29, 0.717) is 31.9 Å². The molecule has 3 rings (SSSR count). The van der Waals surface area contributed by atoms with Crippen molar-refractivity contribution >= 4 is 11.8 Å². The minimum absolute atomic E-state index is 0.111. The summed E-state index contributed by atoms with van der Waals surface area (Å²) in [6.45, 7) is 2.12. The van der Waals surface area contributed by atoms with Gasteiger partial charge in [0, 0.05) is 38.2 Å². The molecule has 0 bridgehead atoms. The van der Waals surface area contributed by atoms with Gasteiger partial charge in [-0.15, -0.1) is 0 Å². The van der Waals surface area contributed by atoms with E-state index in [1.807, 2.05) is 4.90 Å². The van der Waals surface area contributed by atoms with Gasteiger partial charge in [0.25, 0.3) is 5.91 Å². The second kappa shape index (κ2) is 7.64. The van der Waals surface area contributed by atoms with Gasteiger partial charge >= 0.3 is 0 Å². The summed E-state index contributed by atoms with van der Waals surface area (Å²) in [5, 5.41) is 0. The SMILES string of the molecule is O=C(COc1cccc(F)c1)N1CCN(C(=O)C2CCCC2)CC1. The van der Waals surface area contributed by atoms with Gasteiger partial charge in [0.05, 0.1) is 0 Å². The number of hydrogen-bond donors (Lipinski definition) is 0. The lowest BCUT2D eigenvalue weighted by Gasteiger charge is -2.36.